The number of hydrogen-bond donors (Lipinski definition) is 5. The molecule has 2 rings (SSSR count). The second kappa shape index (κ2) is 5.40. The van der Waals surface area contributed by atoms with E-state index < -0.39 is 48.0 Å². The second-order valence-corrected chi connectivity index (χ2v) is 4.59. The summed E-state index contributed by atoms with van der Waals surface area (Å²) in [6, 6.07) is 2.36. The predicted molar refractivity (Wildman–Crippen MR) is 64.9 cm³/mol. The Bertz CT molecular complexity index is 673. The summed E-state index contributed by atoms with van der Waals surface area (Å²) in [4.78, 5) is 24.6. The fraction of sp³-hybridized carbons (Fsp3) is 0.545. The van der Waals surface area contributed by atoms with Crippen molar-refractivity contribution in [2.24, 2.45) is 0 Å². The standard InChI is InChI=1S/C11H13N3O7/c12-4-11(20)5(3-15)21-9(7(17)8(11)18)14-2-1-6(16)13-10(14)19/h1-2,5,7-9,15,17-18,20H,3H2,(H,13,16,19)/t5-,7+,8-,9+,11-/m1/s1. The Hall–Kier alpha value is -2.03. The first kappa shape index (κ1) is 15.4. The van der Waals surface area contributed by atoms with Crippen LogP contribution < -0.4 is 11.2 Å². The molecule has 1 aliphatic rings. The summed E-state index contributed by atoms with van der Waals surface area (Å²) in [5.41, 5.74) is -4.12. The molecule has 10 nitrogen and oxygen atoms in total. The molecule has 0 radical (unpaired) electrons. The van der Waals surface area contributed by atoms with Crippen molar-refractivity contribution >= 4 is 0 Å². The highest BCUT2D eigenvalue weighted by Crippen LogP contribution is 2.33. The highest BCUT2D eigenvalue weighted by molar-refractivity contribution is 5.15. The van der Waals surface area contributed by atoms with Crippen molar-refractivity contribution in [3.63, 3.8) is 0 Å². The van der Waals surface area contributed by atoms with Gasteiger partial charge < -0.3 is 25.2 Å². The van der Waals surface area contributed by atoms with E-state index in [2.05, 4.69) is 0 Å². The summed E-state index contributed by atoms with van der Waals surface area (Å²) in [6.07, 6.45) is -5.84. The van der Waals surface area contributed by atoms with Gasteiger partial charge in [0, 0.05) is 12.3 Å². The van der Waals surface area contributed by atoms with E-state index in [4.69, 9.17) is 15.1 Å². The quantitative estimate of drug-likeness (QED) is 0.349. The van der Waals surface area contributed by atoms with E-state index in [-0.39, 0.29) is 0 Å². The molecule has 5 N–H and O–H groups in total. The molecule has 5 atom stereocenters. The number of aliphatic hydroxyl groups is 4. The number of rotatable bonds is 2. The Balaban J connectivity index is 2.46. The Labute approximate surface area is 117 Å². The molecule has 114 valence electrons. The van der Waals surface area contributed by atoms with Crippen LogP contribution in [-0.2, 0) is 4.74 Å². The Morgan fingerprint density at radius 1 is 1.48 bits per heavy atom. The lowest BCUT2D eigenvalue weighted by atomic mass is 9.85. The van der Waals surface area contributed by atoms with E-state index in [1.807, 2.05) is 4.98 Å². The Kier molecular flexibility index (Phi) is 3.95. The van der Waals surface area contributed by atoms with E-state index in [0.29, 0.717) is 0 Å². The van der Waals surface area contributed by atoms with Gasteiger partial charge in [0.2, 0.25) is 5.60 Å². The zero-order valence-corrected chi connectivity index (χ0v) is 10.6. The predicted octanol–water partition coefficient (Wildman–Crippen LogP) is -3.60. The van der Waals surface area contributed by atoms with Crippen molar-refractivity contribution in [3.05, 3.63) is 33.1 Å². The van der Waals surface area contributed by atoms with Crippen LogP contribution in [0.25, 0.3) is 0 Å². The maximum absolute atomic E-state index is 11.7. The van der Waals surface area contributed by atoms with E-state index in [9.17, 15) is 24.9 Å². The minimum absolute atomic E-state index is 0.672. The number of nitrogens with one attached hydrogen (secondary N) is 1. The third-order valence-electron chi connectivity index (χ3n) is 3.33. The van der Waals surface area contributed by atoms with Crippen LogP contribution in [0.4, 0.5) is 0 Å². The maximum atomic E-state index is 11.7. The average Bonchev–Trinajstić information content (AvgIpc) is 2.46. The van der Waals surface area contributed by atoms with Gasteiger partial charge in [-0.25, -0.2) is 4.79 Å². The van der Waals surface area contributed by atoms with E-state index in [1.165, 1.54) is 6.07 Å². The number of aromatic amines is 1. The van der Waals surface area contributed by atoms with Gasteiger partial charge in [0.1, 0.15) is 24.4 Å². The molecule has 0 aliphatic carbocycles. The van der Waals surface area contributed by atoms with Gasteiger partial charge in [-0.3, -0.25) is 14.3 Å². The third kappa shape index (κ3) is 2.37. The molecule has 0 saturated carbocycles. The molecule has 0 unspecified atom stereocenters. The van der Waals surface area contributed by atoms with Gasteiger partial charge in [-0.2, -0.15) is 5.26 Å². The summed E-state index contributed by atoms with van der Waals surface area (Å²) in [7, 11) is 0. The largest absolute Gasteiger partial charge is 0.394 e. The molecule has 2 heterocycles. The highest BCUT2D eigenvalue weighted by Gasteiger charge is 2.55. The number of aliphatic hydroxyl groups excluding tert-OH is 3. The van der Waals surface area contributed by atoms with Crippen LogP contribution in [0.5, 0.6) is 0 Å². The van der Waals surface area contributed by atoms with Crippen LogP contribution >= 0.6 is 0 Å². The number of H-pyrrole nitrogens is 1. The molecule has 1 fully saturated rings. The first-order valence-electron chi connectivity index (χ1n) is 5.92. The van der Waals surface area contributed by atoms with Crippen molar-refractivity contribution in [3.8, 4) is 6.07 Å². The molecule has 0 bridgehead atoms. The van der Waals surface area contributed by atoms with Gasteiger partial charge in [-0.1, -0.05) is 0 Å². The monoisotopic (exact) mass is 299 g/mol. The maximum Gasteiger partial charge on any atom is 0.330 e. The molecule has 10 heteroatoms. The summed E-state index contributed by atoms with van der Waals surface area (Å²) in [5, 5.41) is 47.9. The minimum Gasteiger partial charge on any atom is -0.394 e. The van der Waals surface area contributed by atoms with Crippen molar-refractivity contribution in [2.75, 3.05) is 6.61 Å². The lowest BCUT2D eigenvalue weighted by molar-refractivity contribution is -0.276. The van der Waals surface area contributed by atoms with Crippen LogP contribution in [0.2, 0.25) is 0 Å². The number of hydrogen-bond acceptors (Lipinski definition) is 8. The topological polar surface area (TPSA) is 169 Å². The number of nitrogens with zero attached hydrogens (tertiary/aromatic N) is 2. The summed E-state index contributed by atoms with van der Waals surface area (Å²) in [5.74, 6) is 0. The summed E-state index contributed by atoms with van der Waals surface area (Å²) >= 11 is 0. The zero-order valence-electron chi connectivity index (χ0n) is 10.6. The molecular weight excluding hydrogens is 286 g/mol. The third-order valence-corrected chi connectivity index (χ3v) is 3.33. The van der Waals surface area contributed by atoms with Gasteiger partial charge in [0.05, 0.1) is 6.61 Å². The lowest BCUT2D eigenvalue weighted by Crippen LogP contribution is -2.65. The number of ether oxygens (including phenoxy) is 1. The molecule has 1 aromatic heterocycles. The lowest BCUT2D eigenvalue weighted by Gasteiger charge is -2.44. The molecule has 1 saturated heterocycles. The summed E-state index contributed by atoms with van der Waals surface area (Å²) < 4.78 is 5.91. The molecule has 0 aromatic carbocycles. The zero-order chi connectivity index (χ0) is 15.8. The molecular formula is C11H13N3O7. The fourth-order valence-corrected chi connectivity index (χ4v) is 2.14. The number of aromatic nitrogens is 2. The molecule has 1 aromatic rings. The van der Waals surface area contributed by atoms with Gasteiger partial charge in [0.15, 0.2) is 6.23 Å². The minimum atomic E-state index is -2.53. The first-order chi connectivity index (χ1) is 9.85. The number of nitriles is 1. The SMILES string of the molecule is N#C[C@]1(O)[C@H](O)[C@H](O)[C@@H](n2ccc(=O)[nH]c2=O)O[C@@H]1CO. The van der Waals surface area contributed by atoms with Gasteiger partial charge in [0.25, 0.3) is 5.56 Å². The van der Waals surface area contributed by atoms with Crippen molar-refractivity contribution in [1.29, 1.82) is 5.26 Å². The van der Waals surface area contributed by atoms with E-state index >= 15 is 0 Å². The van der Waals surface area contributed by atoms with Crippen molar-refractivity contribution < 1.29 is 25.2 Å². The van der Waals surface area contributed by atoms with Gasteiger partial charge in [-0.15, -0.1) is 0 Å². The van der Waals surface area contributed by atoms with Crippen molar-refractivity contribution in [1.82, 2.24) is 9.55 Å². The Morgan fingerprint density at radius 2 is 2.14 bits per heavy atom. The van der Waals surface area contributed by atoms with Gasteiger partial charge in [-0.05, 0) is 0 Å². The second-order valence-electron chi connectivity index (χ2n) is 4.59. The van der Waals surface area contributed by atoms with Crippen LogP contribution in [0.3, 0.4) is 0 Å². The molecule has 1 aliphatic heterocycles. The molecule has 0 spiro atoms. The van der Waals surface area contributed by atoms with Crippen LogP contribution in [0.15, 0.2) is 21.9 Å². The summed E-state index contributed by atoms with van der Waals surface area (Å²) in [6.45, 7) is -0.831. The van der Waals surface area contributed by atoms with Crippen LogP contribution in [0, 0.1) is 11.3 Å². The Morgan fingerprint density at radius 3 is 2.67 bits per heavy atom. The fourth-order valence-electron chi connectivity index (χ4n) is 2.14. The highest BCUT2D eigenvalue weighted by atomic mass is 16.6. The van der Waals surface area contributed by atoms with Crippen LogP contribution in [-0.4, -0.2) is 60.5 Å². The van der Waals surface area contributed by atoms with Crippen molar-refractivity contribution in [2.45, 2.75) is 30.1 Å². The molecule has 0 amide bonds. The first-order valence-corrected chi connectivity index (χ1v) is 5.92. The average molecular weight is 299 g/mol. The van der Waals surface area contributed by atoms with E-state index in [1.54, 1.807) is 0 Å². The van der Waals surface area contributed by atoms with Gasteiger partial charge >= 0.3 is 5.69 Å². The molecule has 21 heavy (non-hydrogen) atoms. The van der Waals surface area contributed by atoms with E-state index in [0.717, 1.165) is 16.8 Å². The van der Waals surface area contributed by atoms with Crippen LogP contribution in [0.1, 0.15) is 6.23 Å². The smallest absolute Gasteiger partial charge is 0.330 e. The normalized spacial score (nSPS) is 36.1.